The number of carboxylic acids is 1. The van der Waals surface area contributed by atoms with E-state index in [2.05, 4.69) is 26.6 Å². The zero-order chi connectivity index (χ0) is 43.6. The lowest BCUT2D eigenvalue weighted by Gasteiger charge is -2.17. The number of carbonyl (C=O) groups excluding carboxylic acids is 5. The standard InChI is InChI=1S/C41H78N6O12/c1-43-34(36(49)30-47-35(31-48)41(42)55)18-16-17-21-44-38(51)32-58-28-27-57-25-23-46-39(52)33-59-29-26-56-24-22-45-37(50)19-14-12-10-8-6-4-2-3-5-7-9-11-13-15-20-40(53)54/h34-35,43,47-48H,2-33H2,1H3,(H2,42,55)(H,44,51)(H,45,50)(H,46,52)(H,53,54)/t34-,35-/m0/s1. The highest BCUT2D eigenvalue weighted by Gasteiger charge is 2.19. The topological polar surface area (TPSA) is 266 Å². The van der Waals surface area contributed by atoms with Gasteiger partial charge in [-0.25, -0.2) is 0 Å². The number of aliphatic carboxylic acids is 1. The number of aliphatic hydroxyl groups is 1. The maximum absolute atomic E-state index is 12.3. The number of rotatable bonds is 45. The van der Waals surface area contributed by atoms with Crippen molar-refractivity contribution in [2.45, 2.75) is 134 Å². The van der Waals surface area contributed by atoms with E-state index >= 15 is 0 Å². The molecule has 2 atom stereocenters. The molecule has 18 nitrogen and oxygen atoms in total. The van der Waals surface area contributed by atoms with Gasteiger partial charge in [0.1, 0.15) is 19.3 Å². The molecule has 18 heteroatoms. The molecule has 0 fully saturated rings. The van der Waals surface area contributed by atoms with E-state index in [-0.39, 0.29) is 69.7 Å². The van der Waals surface area contributed by atoms with Crippen molar-refractivity contribution >= 4 is 35.4 Å². The second kappa shape index (κ2) is 41.5. The number of ketones is 1. The van der Waals surface area contributed by atoms with Crippen molar-refractivity contribution in [3.05, 3.63) is 0 Å². The summed E-state index contributed by atoms with van der Waals surface area (Å²) in [6.07, 6.45) is 18.8. The first-order chi connectivity index (χ1) is 28.6. The van der Waals surface area contributed by atoms with Gasteiger partial charge in [-0.15, -0.1) is 0 Å². The van der Waals surface area contributed by atoms with Gasteiger partial charge < -0.3 is 56.2 Å². The second-order valence-electron chi connectivity index (χ2n) is 14.5. The van der Waals surface area contributed by atoms with E-state index in [0.29, 0.717) is 65.0 Å². The van der Waals surface area contributed by atoms with Crippen LogP contribution in [0, 0.1) is 0 Å². The largest absolute Gasteiger partial charge is 0.481 e. The van der Waals surface area contributed by atoms with Gasteiger partial charge >= 0.3 is 5.97 Å². The molecule has 0 aromatic heterocycles. The number of primary amides is 1. The number of amides is 4. The molecule has 0 radical (unpaired) electrons. The molecular formula is C41H78N6O12. The molecule has 0 saturated carbocycles. The summed E-state index contributed by atoms with van der Waals surface area (Å²) in [5.41, 5.74) is 5.14. The number of nitrogens with one attached hydrogen (secondary N) is 5. The van der Waals surface area contributed by atoms with Crippen molar-refractivity contribution in [2.24, 2.45) is 5.73 Å². The average molecular weight is 847 g/mol. The molecule has 0 spiro atoms. The van der Waals surface area contributed by atoms with Crippen LogP contribution in [0.2, 0.25) is 0 Å². The van der Waals surface area contributed by atoms with Gasteiger partial charge in [0.2, 0.25) is 23.6 Å². The van der Waals surface area contributed by atoms with Crippen LogP contribution >= 0.6 is 0 Å². The summed E-state index contributed by atoms with van der Waals surface area (Å²) in [4.78, 5) is 69.9. The molecule has 0 saturated heterocycles. The van der Waals surface area contributed by atoms with E-state index < -0.39 is 30.6 Å². The van der Waals surface area contributed by atoms with E-state index in [1.807, 2.05) is 0 Å². The molecule has 0 aliphatic carbocycles. The van der Waals surface area contributed by atoms with Crippen LogP contribution in [-0.4, -0.2) is 150 Å². The third-order valence-corrected chi connectivity index (χ3v) is 9.42. The molecule has 0 aliphatic rings. The van der Waals surface area contributed by atoms with Crippen LogP contribution in [0.1, 0.15) is 122 Å². The molecule has 4 amide bonds. The number of aliphatic hydroxyl groups excluding tert-OH is 1. The number of ether oxygens (including phenoxy) is 4. The first-order valence-electron chi connectivity index (χ1n) is 21.8. The number of likely N-dealkylation sites (N-methyl/N-ethyl adjacent to an activating group) is 1. The van der Waals surface area contributed by atoms with Crippen molar-refractivity contribution in [2.75, 3.05) is 92.7 Å². The summed E-state index contributed by atoms with van der Waals surface area (Å²) in [5, 5.41) is 31.6. The lowest BCUT2D eigenvalue weighted by atomic mass is 10.0. The third-order valence-electron chi connectivity index (χ3n) is 9.42. The molecule has 0 aliphatic heterocycles. The van der Waals surface area contributed by atoms with Crippen LogP contribution in [0.4, 0.5) is 0 Å². The van der Waals surface area contributed by atoms with Gasteiger partial charge in [0.25, 0.3) is 0 Å². The smallest absolute Gasteiger partial charge is 0.303 e. The highest BCUT2D eigenvalue weighted by Crippen LogP contribution is 2.14. The maximum Gasteiger partial charge on any atom is 0.303 e. The number of carbonyl (C=O) groups is 6. The van der Waals surface area contributed by atoms with E-state index in [1.165, 1.54) is 51.4 Å². The maximum atomic E-state index is 12.3. The number of hydrogen-bond acceptors (Lipinski definition) is 13. The van der Waals surface area contributed by atoms with E-state index in [9.17, 15) is 28.8 Å². The minimum absolute atomic E-state index is 0.0353. The van der Waals surface area contributed by atoms with Crippen molar-refractivity contribution in [1.29, 1.82) is 0 Å². The Kier molecular flexibility index (Phi) is 39.2. The lowest BCUT2D eigenvalue weighted by molar-refractivity contribution is -0.137. The Labute approximate surface area is 351 Å². The fraction of sp³-hybridized carbons (Fsp3) is 0.854. The lowest BCUT2D eigenvalue weighted by Crippen LogP contribution is -2.48. The Bertz CT molecular complexity index is 1100. The zero-order valence-corrected chi connectivity index (χ0v) is 35.8. The molecule has 0 bridgehead atoms. The van der Waals surface area contributed by atoms with Gasteiger partial charge in [-0.2, -0.15) is 0 Å². The van der Waals surface area contributed by atoms with Crippen LogP contribution in [0.25, 0.3) is 0 Å². The average Bonchev–Trinajstić information content (AvgIpc) is 3.20. The van der Waals surface area contributed by atoms with Crippen molar-refractivity contribution < 1.29 is 57.9 Å². The molecule has 9 N–H and O–H groups in total. The van der Waals surface area contributed by atoms with Gasteiger partial charge in [-0.1, -0.05) is 77.0 Å². The van der Waals surface area contributed by atoms with Crippen LogP contribution < -0.4 is 32.3 Å². The van der Waals surface area contributed by atoms with Crippen molar-refractivity contribution in [1.82, 2.24) is 26.6 Å². The highest BCUT2D eigenvalue weighted by atomic mass is 16.5. The van der Waals surface area contributed by atoms with Crippen LogP contribution in [0.5, 0.6) is 0 Å². The van der Waals surface area contributed by atoms with E-state index in [1.54, 1.807) is 7.05 Å². The molecule has 0 rings (SSSR count). The minimum atomic E-state index is -0.973. The predicted molar refractivity (Wildman–Crippen MR) is 224 cm³/mol. The molecule has 0 aromatic rings. The fourth-order valence-corrected chi connectivity index (χ4v) is 5.94. The Morgan fingerprint density at radius 2 is 0.966 bits per heavy atom. The Balaban J connectivity index is 3.47. The van der Waals surface area contributed by atoms with Crippen LogP contribution in [0.15, 0.2) is 0 Å². The van der Waals surface area contributed by atoms with Crippen LogP contribution in [-0.2, 0) is 47.7 Å². The van der Waals surface area contributed by atoms with E-state index in [4.69, 9.17) is 34.9 Å². The zero-order valence-electron chi connectivity index (χ0n) is 35.8. The van der Waals surface area contributed by atoms with E-state index in [0.717, 1.165) is 38.5 Å². The molecule has 0 heterocycles. The molecule has 0 unspecified atom stereocenters. The summed E-state index contributed by atoms with van der Waals surface area (Å²) in [7, 11) is 1.66. The quantitative estimate of drug-likeness (QED) is 0.0404. The molecular weight excluding hydrogens is 768 g/mol. The number of Topliss-reactive ketones (excluding diaryl/α,β-unsaturated/α-hetero) is 1. The summed E-state index contributed by atoms with van der Waals surface area (Å²) < 4.78 is 21.5. The second-order valence-corrected chi connectivity index (χ2v) is 14.5. The Hall–Kier alpha value is -3.26. The third kappa shape index (κ3) is 38.7. The number of unbranched alkanes of at least 4 members (excludes halogenated alkanes) is 14. The van der Waals surface area contributed by atoms with Gasteiger partial charge in [-0.3, -0.25) is 34.1 Å². The monoisotopic (exact) mass is 847 g/mol. The summed E-state index contributed by atoms with van der Waals surface area (Å²) >= 11 is 0. The Morgan fingerprint density at radius 1 is 0.525 bits per heavy atom. The number of carboxylic acid groups (broad SMARTS) is 1. The van der Waals surface area contributed by atoms with Crippen molar-refractivity contribution in [3.8, 4) is 0 Å². The normalized spacial score (nSPS) is 12.2. The highest BCUT2D eigenvalue weighted by molar-refractivity contribution is 5.87. The first kappa shape index (κ1) is 55.7. The van der Waals surface area contributed by atoms with Gasteiger partial charge in [0.05, 0.1) is 58.8 Å². The first-order valence-corrected chi connectivity index (χ1v) is 21.8. The van der Waals surface area contributed by atoms with Crippen molar-refractivity contribution in [3.63, 3.8) is 0 Å². The SMILES string of the molecule is CN[C@@H](CCCCNC(=O)COCCOCCNC(=O)COCCOCCNC(=O)CCCCCCCCCCCCCCCCC(=O)O)C(=O)CN[C@@H](CO)C(N)=O. The molecule has 344 valence electrons. The van der Waals surface area contributed by atoms with Gasteiger partial charge in [0.15, 0.2) is 5.78 Å². The summed E-state index contributed by atoms with van der Waals surface area (Å²) in [6, 6.07) is -1.40. The molecule has 59 heavy (non-hydrogen) atoms. The fourth-order valence-electron chi connectivity index (χ4n) is 5.94. The Morgan fingerprint density at radius 3 is 1.42 bits per heavy atom. The molecule has 0 aromatic carbocycles. The van der Waals surface area contributed by atoms with Gasteiger partial charge in [-0.05, 0) is 39.2 Å². The summed E-state index contributed by atoms with van der Waals surface area (Å²) in [6.45, 7) is 2.05. The number of nitrogens with two attached hydrogens (primary N) is 1. The predicted octanol–water partition coefficient (Wildman–Crippen LogP) is 1.49. The minimum Gasteiger partial charge on any atom is -0.481 e. The summed E-state index contributed by atoms with van der Waals surface area (Å²) in [5.74, 6) is -2.09. The number of hydrogen-bond donors (Lipinski definition) is 8. The van der Waals surface area contributed by atoms with Crippen LogP contribution in [0.3, 0.4) is 0 Å². The van der Waals surface area contributed by atoms with Gasteiger partial charge in [0, 0.05) is 32.5 Å².